The van der Waals surface area contributed by atoms with Gasteiger partial charge >= 0.3 is 0 Å². The number of fused-ring (bicyclic) bond motifs is 2. The highest BCUT2D eigenvalue weighted by atomic mass is 16.5. The molecule has 2 atom stereocenters. The molecule has 1 saturated carbocycles. The second-order valence-electron chi connectivity index (χ2n) is 9.04. The zero-order chi connectivity index (χ0) is 24.4. The molecule has 0 bridgehead atoms. The fourth-order valence-electron chi connectivity index (χ4n) is 4.83. The van der Waals surface area contributed by atoms with Crippen LogP contribution < -0.4 is 20.1 Å². The van der Waals surface area contributed by atoms with Gasteiger partial charge in [0, 0.05) is 18.2 Å². The average Bonchev–Trinajstić information content (AvgIpc) is 2.90. The van der Waals surface area contributed by atoms with Crippen LogP contribution in [0.4, 0.5) is 5.82 Å². The molecule has 0 unspecified atom stereocenters. The van der Waals surface area contributed by atoms with Crippen LogP contribution in [0.15, 0.2) is 36.5 Å². The summed E-state index contributed by atoms with van der Waals surface area (Å²) < 4.78 is 10.5. The topological polar surface area (TPSA) is 139 Å². The standard InChI is InChI=1S/C25H29N5O5/c1-34-21-12-27-18-4-2-3-17(22(18)30-21)24(33)23(32)14-5-7-15(8-6-14)26-11-16-9-10-19-25(28-16)29-20(31)13-35-19/h2-4,9-10,12,14-15,23-24,26,32-33H,5-8,11,13H2,1H3,(H,28,29,31)/t14-,15-,23-,24-/m0/s1. The number of anilines is 1. The summed E-state index contributed by atoms with van der Waals surface area (Å²) in [7, 11) is 1.52. The first-order valence-electron chi connectivity index (χ1n) is 11.8. The van der Waals surface area contributed by atoms with Crippen molar-refractivity contribution >= 4 is 22.8 Å². The number of ether oxygens (including phenoxy) is 2. The lowest BCUT2D eigenvalue weighted by Crippen LogP contribution is -2.37. The largest absolute Gasteiger partial charge is 0.480 e. The Labute approximate surface area is 202 Å². The average molecular weight is 480 g/mol. The van der Waals surface area contributed by atoms with Crippen molar-refractivity contribution < 1.29 is 24.5 Å². The molecule has 3 heterocycles. The number of pyridine rings is 1. The molecule has 10 nitrogen and oxygen atoms in total. The van der Waals surface area contributed by atoms with E-state index < -0.39 is 12.2 Å². The summed E-state index contributed by atoms with van der Waals surface area (Å²) in [5.41, 5.74) is 2.55. The van der Waals surface area contributed by atoms with Gasteiger partial charge in [-0.25, -0.2) is 15.0 Å². The summed E-state index contributed by atoms with van der Waals surface area (Å²) in [6, 6.07) is 9.39. The SMILES string of the molecule is COc1cnc2cccc([C@H](O)[C@@H](O)[C@H]3CC[C@H](NCc4ccc5c(n4)NC(=O)CO5)CC3)c2n1. The number of carbonyl (C=O) groups excluding carboxylic acids is 1. The number of aliphatic hydroxyl groups excluding tert-OH is 2. The second-order valence-corrected chi connectivity index (χ2v) is 9.04. The number of para-hydroxylation sites is 1. The van der Waals surface area contributed by atoms with Gasteiger partial charge in [-0.2, -0.15) is 0 Å². The van der Waals surface area contributed by atoms with Crippen molar-refractivity contribution in [3.63, 3.8) is 0 Å². The lowest BCUT2D eigenvalue weighted by Gasteiger charge is -2.34. The highest BCUT2D eigenvalue weighted by Crippen LogP contribution is 2.35. The van der Waals surface area contributed by atoms with Gasteiger partial charge in [0.25, 0.3) is 5.91 Å². The van der Waals surface area contributed by atoms with E-state index in [0.717, 1.165) is 31.4 Å². The molecule has 1 amide bonds. The van der Waals surface area contributed by atoms with Gasteiger partial charge in [0.2, 0.25) is 5.88 Å². The van der Waals surface area contributed by atoms with Gasteiger partial charge in [-0.15, -0.1) is 0 Å². The van der Waals surface area contributed by atoms with Crippen LogP contribution >= 0.6 is 0 Å². The Morgan fingerprint density at radius 3 is 2.80 bits per heavy atom. The van der Waals surface area contributed by atoms with Crippen LogP contribution in [0.25, 0.3) is 11.0 Å². The molecule has 35 heavy (non-hydrogen) atoms. The van der Waals surface area contributed by atoms with Crippen LogP contribution in [0.3, 0.4) is 0 Å². The van der Waals surface area contributed by atoms with Gasteiger partial charge in [0.1, 0.15) is 6.10 Å². The Morgan fingerprint density at radius 1 is 1.17 bits per heavy atom. The summed E-state index contributed by atoms with van der Waals surface area (Å²) in [5, 5.41) is 28.3. The summed E-state index contributed by atoms with van der Waals surface area (Å²) in [6.45, 7) is 0.582. The third-order valence-corrected chi connectivity index (χ3v) is 6.79. The van der Waals surface area contributed by atoms with Gasteiger partial charge < -0.3 is 30.3 Å². The normalized spacial score (nSPS) is 21.5. The molecule has 1 fully saturated rings. The number of nitrogens with one attached hydrogen (secondary N) is 2. The molecule has 0 saturated heterocycles. The molecule has 2 aromatic heterocycles. The predicted octanol–water partition coefficient (Wildman–Crippen LogP) is 2.11. The van der Waals surface area contributed by atoms with Crippen molar-refractivity contribution in [3.8, 4) is 11.6 Å². The second kappa shape index (κ2) is 10.1. The molecule has 184 valence electrons. The minimum Gasteiger partial charge on any atom is -0.480 e. The quantitative estimate of drug-likeness (QED) is 0.401. The van der Waals surface area contributed by atoms with E-state index in [0.29, 0.717) is 40.6 Å². The number of methoxy groups -OCH3 is 1. The number of aliphatic hydroxyl groups is 2. The van der Waals surface area contributed by atoms with Crippen molar-refractivity contribution in [2.24, 2.45) is 5.92 Å². The highest BCUT2D eigenvalue weighted by molar-refractivity contribution is 5.94. The maximum Gasteiger partial charge on any atom is 0.263 e. The Bertz CT molecular complexity index is 1210. The van der Waals surface area contributed by atoms with Crippen LogP contribution in [0.1, 0.15) is 43.0 Å². The first-order chi connectivity index (χ1) is 17.0. The van der Waals surface area contributed by atoms with E-state index in [4.69, 9.17) is 9.47 Å². The Morgan fingerprint density at radius 2 is 2.00 bits per heavy atom. The number of amides is 1. The van der Waals surface area contributed by atoms with E-state index in [1.807, 2.05) is 24.3 Å². The summed E-state index contributed by atoms with van der Waals surface area (Å²) >= 11 is 0. The maximum absolute atomic E-state index is 11.5. The predicted molar refractivity (Wildman–Crippen MR) is 128 cm³/mol. The van der Waals surface area contributed by atoms with E-state index in [1.54, 1.807) is 6.07 Å². The fraction of sp³-hybridized carbons (Fsp3) is 0.440. The van der Waals surface area contributed by atoms with Crippen molar-refractivity contribution in [2.75, 3.05) is 19.0 Å². The molecule has 0 spiro atoms. The molecule has 1 aliphatic carbocycles. The minimum atomic E-state index is -1.06. The number of hydrogen-bond donors (Lipinski definition) is 4. The number of aromatic nitrogens is 3. The zero-order valence-electron chi connectivity index (χ0n) is 19.5. The van der Waals surface area contributed by atoms with E-state index in [2.05, 4.69) is 25.6 Å². The Balaban J connectivity index is 1.17. The molecule has 4 N–H and O–H groups in total. The number of hydrogen-bond acceptors (Lipinski definition) is 9. The zero-order valence-corrected chi connectivity index (χ0v) is 19.5. The molecule has 1 aromatic carbocycles. The monoisotopic (exact) mass is 479 g/mol. The third-order valence-electron chi connectivity index (χ3n) is 6.79. The van der Waals surface area contributed by atoms with Crippen LogP contribution in [0.2, 0.25) is 0 Å². The molecular weight excluding hydrogens is 450 g/mol. The molecule has 0 radical (unpaired) electrons. The van der Waals surface area contributed by atoms with E-state index >= 15 is 0 Å². The maximum atomic E-state index is 11.5. The Kier molecular flexibility index (Phi) is 6.76. The number of carbonyl (C=O) groups is 1. The van der Waals surface area contributed by atoms with Crippen molar-refractivity contribution in [3.05, 3.63) is 47.8 Å². The van der Waals surface area contributed by atoms with Crippen LogP contribution in [-0.2, 0) is 11.3 Å². The molecular formula is C25H29N5O5. The van der Waals surface area contributed by atoms with E-state index in [-0.39, 0.29) is 24.5 Å². The van der Waals surface area contributed by atoms with Gasteiger partial charge in [0.05, 0.1) is 36.1 Å². The van der Waals surface area contributed by atoms with Gasteiger partial charge in [-0.05, 0) is 49.8 Å². The molecule has 5 rings (SSSR count). The number of nitrogens with zero attached hydrogens (tertiary/aromatic N) is 3. The van der Waals surface area contributed by atoms with Crippen molar-refractivity contribution in [1.82, 2.24) is 20.3 Å². The van der Waals surface area contributed by atoms with Gasteiger partial charge in [-0.3, -0.25) is 4.79 Å². The number of benzene rings is 1. The molecule has 1 aliphatic heterocycles. The summed E-state index contributed by atoms with van der Waals surface area (Å²) in [5.74, 6) is 1.17. The van der Waals surface area contributed by atoms with Crippen molar-refractivity contribution in [2.45, 2.75) is 50.5 Å². The fourth-order valence-corrected chi connectivity index (χ4v) is 4.83. The molecule has 2 aliphatic rings. The van der Waals surface area contributed by atoms with Crippen LogP contribution in [-0.4, -0.2) is 56.9 Å². The lowest BCUT2D eigenvalue weighted by molar-refractivity contribution is -0.118. The molecule has 3 aromatic rings. The first-order valence-corrected chi connectivity index (χ1v) is 11.8. The minimum absolute atomic E-state index is 0.0121. The van der Waals surface area contributed by atoms with E-state index in [1.165, 1.54) is 13.3 Å². The van der Waals surface area contributed by atoms with Gasteiger partial charge in [-0.1, -0.05) is 12.1 Å². The highest BCUT2D eigenvalue weighted by Gasteiger charge is 2.32. The first kappa shape index (κ1) is 23.4. The summed E-state index contributed by atoms with van der Waals surface area (Å²) in [4.78, 5) is 24.8. The van der Waals surface area contributed by atoms with E-state index in [9.17, 15) is 15.0 Å². The van der Waals surface area contributed by atoms with Crippen molar-refractivity contribution in [1.29, 1.82) is 0 Å². The van der Waals surface area contributed by atoms with Crippen LogP contribution in [0, 0.1) is 5.92 Å². The Hall–Kier alpha value is -3.34. The van der Waals surface area contributed by atoms with Crippen LogP contribution in [0.5, 0.6) is 11.6 Å². The third kappa shape index (κ3) is 5.04. The lowest BCUT2D eigenvalue weighted by atomic mass is 9.80. The number of rotatable bonds is 7. The van der Waals surface area contributed by atoms with Gasteiger partial charge in [0.15, 0.2) is 18.2 Å². The molecule has 10 heteroatoms. The summed E-state index contributed by atoms with van der Waals surface area (Å²) in [6.07, 6.45) is 2.90. The smallest absolute Gasteiger partial charge is 0.263 e.